The third kappa shape index (κ3) is 6.62. The highest BCUT2D eigenvalue weighted by Crippen LogP contribution is 2.39. The van der Waals surface area contributed by atoms with Crippen LogP contribution in [0.5, 0.6) is 0 Å². The fourth-order valence-electron chi connectivity index (χ4n) is 3.66. The van der Waals surface area contributed by atoms with Crippen molar-refractivity contribution < 1.29 is 24.5 Å². The molecule has 6 nitrogen and oxygen atoms in total. The third-order valence-corrected chi connectivity index (χ3v) is 10.9. The molecule has 4 atom stereocenters. The Morgan fingerprint density at radius 1 is 1.24 bits per heavy atom. The van der Waals surface area contributed by atoms with Gasteiger partial charge in [-0.2, -0.15) is 0 Å². The molecule has 0 amide bonds. The van der Waals surface area contributed by atoms with Crippen LogP contribution in [0.2, 0.25) is 18.1 Å². The standard InChI is InChI=1S/C22H37NO5Si/c1-22(2,3)29(4,5)28-17-11-12-18(19(24)13-17)23(15-20(25)21(26)27)14-16-9-7-6-8-10-16/h6-10,17-20,24-25H,11-15H2,1-5H3,(H,26,27)/t17-,18+,19?,20-/m1/s1. The molecule has 1 saturated carbocycles. The Morgan fingerprint density at radius 2 is 1.86 bits per heavy atom. The molecule has 0 spiro atoms. The van der Waals surface area contributed by atoms with Crippen molar-refractivity contribution in [3.63, 3.8) is 0 Å². The van der Waals surface area contributed by atoms with E-state index in [1.165, 1.54) is 0 Å². The van der Waals surface area contributed by atoms with Crippen molar-refractivity contribution >= 4 is 14.3 Å². The number of carbonyl (C=O) groups is 1. The zero-order valence-electron chi connectivity index (χ0n) is 18.3. The average molecular weight is 424 g/mol. The summed E-state index contributed by atoms with van der Waals surface area (Å²) in [5.74, 6) is -1.24. The summed E-state index contributed by atoms with van der Waals surface area (Å²) in [6.45, 7) is 11.5. The molecule has 164 valence electrons. The lowest BCUT2D eigenvalue weighted by atomic mass is 9.89. The van der Waals surface area contributed by atoms with Gasteiger partial charge in [0, 0.05) is 25.2 Å². The number of rotatable bonds is 8. The van der Waals surface area contributed by atoms with Crippen LogP contribution in [-0.2, 0) is 15.8 Å². The van der Waals surface area contributed by atoms with Gasteiger partial charge < -0.3 is 19.7 Å². The number of carboxylic acids is 1. The van der Waals surface area contributed by atoms with Crippen molar-refractivity contribution in [2.45, 2.75) is 89.1 Å². The highest BCUT2D eigenvalue weighted by Gasteiger charge is 2.42. The molecule has 29 heavy (non-hydrogen) atoms. The zero-order chi connectivity index (χ0) is 21.8. The van der Waals surface area contributed by atoms with Gasteiger partial charge in [-0.15, -0.1) is 0 Å². The summed E-state index contributed by atoms with van der Waals surface area (Å²) < 4.78 is 6.50. The number of benzene rings is 1. The highest BCUT2D eigenvalue weighted by atomic mass is 28.4. The first kappa shape index (κ1) is 24.0. The van der Waals surface area contributed by atoms with E-state index < -0.39 is 26.5 Å². The Hall–Kier alpha value is -1.25. The van der Waals surface area contributed by atoms with E-state index in [0.29, 0.717) is 19.4 Å². The Balaban J connectivity index is 2.09. The van der Waals surface area contributed by atoms with Crippen LogP contribution in [0.3, 0.4) is 0 Å². The molecule has 7 heteroatoms. The molecule has 0 heterocycles. The van der Waals surface area contributed by atoms with E-state index in [1.807, 2.05) is 35.2 Å². The minimum absolute atomic E-state index is 0.0142. The molecule has 0 aliphatic heterocycles. The summed E-state index contributed by atoms with van der Waals surface area (Å²) in [5.41, 5.74) is 1.02. The van der Waals surface area contributed by atoms with Gasteiger partial charge in [-0.25, -0.2) is 4.79 Å². The first-order valence-corrected chi connectivity index (χ1v) is 13.4. The highest BCUT2D eigenvalue weighted by molar-refractivity contribution is 6.74. The zero-order valence-corrected chi connectivity index (χ0v) is 19.3. The van der Waals surface area contributed by atoms with Gasteiger partial charge in [0.15, 0.2) is 14.4 Å². The molecule has 1 aromatic carbocycles. The number of hydrogen-bond acceptors (Lipinski definition) is 5. The van der Waals surface area contributed by atoms with Gasteiger partial charge in [0.1, 0.15) is 0 Å². The maximum Gasteiger partial charge on any atom is 0.333 e. The van der Waals surface area contributed by atoms with Crippen LogP contribution in [0.15, 0.2) is 30.3 Å². The second-order valence-corrected chi connectivity index (χ2v) is 14.5. The number of aliphatic carboxylic acids is 1. The van der Waals surface area contributed by atoms with E-state index >= 15 is 0 Å². The largest absolute Gasteiger partial charge is 0.479 e. The minimum Gasteiger partial charge on any atom is -0.479 e. The smallest absolute Gasteiger partial charge is 0.333 e. The van der Waals surface area contributed by atoms with Crippen molar-refractivity contribution in [1.82, 2.24) is 4.90 Å². The third-order valence-electron chi connectivity index (χ3n) is 6.39. The molecule has 0 aromatic heterocycles. The number of nitrogens with zero attached hydrogens (tertiary/aromatic N) is 1. The predicted octanol–water partition coefficient (Wildman–Crippen LogP) is 3.24. The Bertz CT molecular complexity index is 661. The van der Waals surface area contributed by atoms with Gasteiger partial charge in [0.05, 0.1) is 6.10 Å². The number of aliphatic hydroxyl groups is 2. The van der Waals surface area contributed by atoms with Crippen LogP contribution in [-0.4, -0.2) is 65.4 Å². The van der Waals surface area contributed by atoms with Gasteiger partial charge in [0.2, 0.25) is 0 Å². The van der Waals surface area contributed by atoms with E-state index in [1.54, 1.807) is 0 Å². The van der Waals surface area contributed by atoms with E-state index in [0.717, 1.165) is 12.0 Å². The topological polar surface area (TPSA) is 90.2 Å². The van der Waals surface area contributed by atoms with Crippen LogP contribution in [0, 0.1) is 0 Å². The van der Waals surface area contributed by atoms with Crippen LogP contribution in [0.1, 0.15) is 45.6 Å². The molecule has 0 saturated heterocycles. The first-order valence-electron chi connectivity index (χ1n) is 10.5. The van der Waals surface area contributed by atoms with E-state index in [2.05, 4.69) is 33.9 Å². The van der Waals surface area contributed by atoms with Crippen LogP contribution >= 0.6 is 0 Å². The summed E-state index contributed by atoms with van der Waals surface area (Å²) in [7, 11) is -1.92. The SMILES string of the molecule is CC(C)(C)[Si](C)(C)O[C@@H]1CC[C@H](N(Cc2ccccc2)C[C@@H](O)C(=O)O)C(O)C1. The van der Waals surface area contributed by atoms with Crippen molar-refractivity contribution in [3.05, 3.63) is 35.9 Å². The molecular formula is C22H37NO5Si. The molecule has 1 unspecified atom stereocenters. The lowest BCUT2D eigenvalue weighted by Gasteiger charge is -2.44. The molecule has 1 aromatic rings. The first-order chi connectivity index (χ1) is 13.4. The normalized spacial score (nSPS) is 24.5. The van der Waals surface area contributed by atoms with Crippen LogP contribution in [0.25, 0.3) is 0 Å². The van der Waals surface area contributed by atoms with Crippen molar-refractivity contribution in [2.75, 3.05) is 6.54 Å². The Kier molecular flexibility index (Phi) is 8.04. The second kappa shape index (κ2) is 9.70. The Morgan fingerprint density at radius 3 is 2.38 bits per heavy atom. The molecule has 1 aliphatic rings. The second-order valence-electron chi connectivity index (χ2n) is 9.72. The minimum atomic E-state index is -1.92. The van der Waals surface area contributed by atoms with E-state index in [4.69, 9.17) is 9.53 Å². The molecular weight excluding hydrogens is 386 g/mol. The van der Waals surface area contributed by atoms with Crippen molar-refractivity contribution in [2.24, 2.45) is 0 Å². The fourth-order valence-corrected chi connectivity index (χ4v) is 5.06. The van der Waals surface area contributed by atoms with Crippen molar-refractivity contribution in [3.8, 4) is 0 Å². The maximum absolute atomic E-state index is 11.2. The van der Waals surface area contributed by atoms with E-state index in [-0.39, 0.29) is 23.7 Å². The van der Waals surface area contributed by atoms with Gasteiger partial charge >= 0.3 is 5.97 Å². The fraction of sp³-hybridized carbons (Fsp3) is 0.682. The van der Waals surface area contributed by atoms with Crippen LogP contribution in [0.4, 0.5) is 0 Å². The van der Waals surface area contributed by atoms with Gasteiger partial charge in [-0.3, -0.25) is 4.90 Å². The summed E-state index contributed by atoms with van der Waals surface area (Å²) >= 11 is 0. The summed E-state index contributed by atoms with van der Waals surface area (Å²) in [6.07, 6.45) is -0.0195. The number of aliphatic hydroxyl groups excluding tert-OH is 2. The molecule has 0 radical (unpaired) electrons. The molecule has 2 rings (SSSR count). The number of hydrogen-bond donors (Lipinski definition) is 3. The molecule has 3 N–H and O–H groups in total. The van der Waals surface area contributed by atoms with Gasteiger partial charge in [0.25, 0.3) is 0 Å². The average Bonchev–Trinajstić information content (AvgIpc) is 2.60. The number of carboxylic acid groups (broad SMARTS) is 1. The molecule has 1 aliphatic carbocycles. The summed E-state index contributed by atoms with van der Waals surface area (Å²) in [5, 5.41) is 30.1. The lowest BCUT2D eigenvalue weighted by Crippen LogP contribution is -2.53. The lowest BCUT2D eigenvalue weighted by molar-refractivity contribution is -0.149. The van der Waals surface area contributed by atoms with Gasteiger partial charge in [-0.05, 0) is 43.0 Å². The monoisotopic (exact) mass is 423 g/mol. The summed E-state index contributed by atoms with van der Waals surface area (Å²) in [4.78, 5) is 13.1. The predicted molar refractivity (Wildman–Crippen MR) is 116 cm³/mol. The molecule has 0 bridgehead atoms. The van der Waals surface area contributed by atoms with Crippen molar-refractivity contribution in [1.29, 1.82) is 0 Å². The maximum atomic E-state index is 11.2. The van der Waals surface area contributed by atoms with Gasteiger partial charge in [-0.1, -0.05) is 51.1 Å². The summed E-state index contributed by atoms with van der Waals surface area (Å²) in [6, 6.07) is 9.53. The Labute approximate surface area is 175 Å². The van der Waals surface area contributed by atoms with E-state index in [9.17, 15) is 15.0 Å². The van der Waals surface area contributed by atoms with Crippen LogP contribution < -0.4 is 0 Å². The quantitative estimate of drug-likeness (QED) is 0.556. The molecule has 1 fully saturated rings.